The Kier molecular flexibility index (Phi) is 18.9. The van der Waals surface area contributed by atoms with Crippen molar-refractivity contribution in [3.05, 3.63) is 30.1 Å². The van der Waals surface area contributed by atoms with Crippen LogP contribution >= 0.6 is 0 Å². The molecule has 0 aromatic carbocycles. The van der Waals surface area contributed by atoms with Crippen LogP contribution in [0.15, 0.2) is 24.4 Å². The first-order chi connectivity index (χ1) is 19.2. The average Bonchev–Trinajstić information content (AvgIpc) is 3.42. The van der Waals surface area contributed by atoms with Crippen molar-refractivity contribution >= 4 is 12.2 Å². The molecule has 39 heavy (non-hydrogen) atoms. The zero-order chi connectivity index (χ0) is 27.8. The summed E-state index contributed by atoms with van der Waals surface area (Å²) in [6.45, 7) is 4.23. The highest BCUT2D eigenvalue weighted by Crippen LogP contribution is 2.20. The monoisotopic (exact) mass is 547 g/mol. The summed E-state index contributed by atoms with van der Waals surface area (Å²) in [4.78, 5) is 28.0. The highest BCUT2D eigenvalue weighted by molar-refractivity contribution is 5.67. The predicted octanol–water partition coefficient (Wildman–Crippen LogP) is 7.31. The fourth-order valence-corrected chi connectivity index (χ4v) is 4.83. The maximum Gasteiger partial charge on any atom is 0.407 e. The Labute approximate surface area is 236 Å². The van der Waals surface area contributed by atoms with Crippen molar-refractivity contribution < 1.29 is 23.8 Å². The van der Waals surface area contributed by atoms with Crippen molar-refractivity contribution in [2.45, 2.75) is 122 Å². The third-order valence-corrected chi connectivity index (χ3v) is 7.20. The highest BCUT2D eigenvalue weighted by atomic mass is 16.6. The Morgan fingerprint density at radius 2 is 1.41 bits per heavy atom. The molecule has 2 heterocycles. The second kappa shape index (κ2) is 22.5. The van der Waals surface area contributed by atoms with E-state index in [9.17, 15) is 9.59 Å². The van der Waals surface area contributed by atoms with Crippen LogP contribution in [0.1, 0.15) is 115 Å². The second-order valence-electron chi connectivity index (χ2n) is 10.8. The predicted molar refractivity (Wildman–Crippen MR) is 155 cm³/mol. The zero-order valence-electron chi connectivity index (χ0n) is 24.3. The van der Waals surface area contributed by atoms with Gasteiger partial charge in [0.1, 0.15) is 6.61 Å². The van der Waals surface area contributed by atoms with Crippen molar-refractivity contribution in [2.24, 2.45) is 5.92 Å². The molecule has 0 spiro atoms. The zero-order valence-corrected chi connectivity index (χ0v) is 24.3. The van der Waals surface area contributed by atoms with Crippen molar-refractivity contribution in [2.75, 3.05) is 26.4 Å². The lowest BCUT2D eigenvalue weighted by Crippen LogP contribution is -2.28. The van der Waals surface area contributed by atoms with E-state index in [0.29, 0.717) is 32.7 Å². The molecule has 1 aliphatic rings. The van der Waals surface area contributed by atoms with Gasteiger partial charge in [0.25, 0.3) is 0 Å². The Bertz CT molecular complexity index is 749. The van der Waals surface area contributed by atoms with Gasteiger partial charge in [-0.05, 0) is 25.0 Å². The minimum atomic E-state index is -0.498. The number of unbranched alkanes of at least 4 members (excludes halogenated alkanes) is 14. The molecule has 2 atom stereocenters. The van der Waals surface area contributed by atoms with E-state index >= 15 is 0 Å². The van der Waals surface area contributed by atoms with Gasteiger partial charge in [-0.2, -0.15) is 0 Å². The number of carbonyl (C=O) groups excluding carboxylic acids is 2. The van der Waals surface area contributed by atoms with Crippen molar-refractivity contribution in [1.29, 1.82) is 0 Å². The van der Waals surface area contributed by atoms with Crippen LogP contribution in [0.25, 0.3) is 0 Å². The number of nitrogens with one attached hydrogen (secondary N) is 2. The fraction of sp³-hybridized carbons (Fsp3) is 0.774. The molecule has 0 aliphatic carbocycles. The maximum absolute atomic E-state index is 12.0. The molecule has 0 radical (unpaired) electrons. The minimum Gasteiger partial charge on any atom is -0.449 e. The number of nitrogens with zero attached hydrogens (tertiary/aromatic N) is 1. The molecule has 8 heteroatoms. The van der Waals surface area contributed by atoms with Crippen LogP contribution in [0.3, 0.4) is 0 Å². The molecule has 0 bridgehead atoms. The van der Waals surface area contributed by atoms with Gasteiger partial charge in [-0.15, -0.1) is 0 Å². The molecule has 1 fully saturated rings. The van der Waals surface area contributed by atoms with E-state index in [1.807, 2.05) is 18.2 Å². The summed E-state index contributed by atoms with van der Waals surface area (Å²) in [6, 6.07) is 5.53. The molecular weight excluding hydrogens is 494 g/mol. The van der Waals surface area contributed by atoms with Gasteiger partial charge < -0.3 is 24.8 Å². The minimum absolute atomic E-state index is 0.117. The van der Waals surface area contributed by atoms with Crippen molar-refractivity contribution in [3.8, 4) is 0 Å². The molecular formula is C31H53N3O5. The van der Waals surface area contributed by atoms with Gasteiger partial charge in [0.15, 0.2) is 0 Å². The lowest BCUT2D eigenvalue weighted by Gasteiger charge is -2.12. The number of hydrogen-bond donors (Lipinski definition) is 2. The first kappa shape index (κ1) is 32.9. The van der Waals surface area contributed by atoms with Crippen LogP contribution in [0.2, 0.25) is 0 Å². The van der Waals surface area contributed by atoms with Gasteiger partial charge in [-0.3, -0.25) is 4.98 Å². The smallest absolute Gasteiger partial charge is 0.407 e. The number of amides is 2. The Morgan fingerprint density at radius 3 is 2.03 bits per heavy atom. The fourth-order valence-electron chi connectivity index (χ4n) is 4.83. The lowest BCUT2D eigenvalue weighted by atomic mass is 10.0. The summed E-state index contributed by atoms with van der Waals surface area (Å²) in [7, 11) is 0. The molecule has 1 aromatic heterocycles. The van der Waals surface area contributed by atoms with Crippen LogP contribution in [-0.2, 0) is 20.8 Å². The van der Waals surface area contributed by atoms with Crippen molar-refractivity contribution in [3.63, 3.8) is 0 Å². The third kappa shape index (κ3) is 17.8. The van der Waals surface area contributed by atoms with Crippen molar-refractivity contribution in [1.82, 2.24) is 15.6 Å². The quantitative estimate of drug-likeness (QED) is 0.148. The summed E-state index contributed by atoms with van der Waals surface area (Å²) >= 11 is 0. The van der Waals surface area contributed by atoms with E-state index in [-0.39, 0.29) is 24.7 Å². The van der Waals surface area contributed by atoms with E-state index < -0.39 is 6.09 Å². The third-order valence-electron chi connectivity index (χ3n) is 7.20. The maximum atomic E-state index is 12.0. The molecule has 1 saturated heterocycles. The van der Waals surface area contributed by atoms with Gasteiger partial charge in [0, 0.05) is 18.7 Å². The van der Waals surface area contributed by atoms with Crippen LogP contribution in [0, 0.1) is 5.92 Å². The van der Waals surface area contributed by atoms with Gasteiger partial charge in [0.05, 0.1) is 31.6 Å². The Morgan fingerprint density at radius 1 is 0.821 bits per heavy atom. The average molecular weight is 548 g/mol. The number of ether oxygens (including phenoxy) is 3. The lowest BCUT2D eigenvalue weighted by molar-refractivity contribution is 0.0410. The molecule has 2 rings (SSSR count). The number of rotatable bonds is 22. The molecule has 0 saturated carbocycles. The first-order valence-electron chi connectivity index (χ1n) is 15.5. The number of pyridine rings is 1. The standard InChI is InChI=1S/C31H53N3O5/c1-2-3-4-5-6-7-8-9-10-11-12-13-14-15-17-21-33-30(35)38-25-27-22-29(37-24-27)26-39-31(36)34-23-28-19-16-18-20-32-28/h16,18-20,27,29H,2-15,17,21-26H2,1H3,(H,33,35)(H,34,36)/t27-,29+/m0/s1. The normalized spacial score (nSPS) is 16.6. The van der Waals surface area contributed by atoms with Crippen LogP contribution in [0.4, 0.5) is 9.59 Å². The SMILES string of the molecule is CCCCCCCCCCCCCCCCCNC(=O)OC[C@@H]1CO[C@@H](COC(=O)NCc2ccccn2)C1. The number of aromatic nitrogens is 1. The summed E-state index contributed by atoms with van der Waals surface area (Å²) < 4.78 is 16.3. The molecule has 2 amide bonds. The topological polar surface area (TPSA) is 98.8 Å². The van der Waals surface area contributed by atoms with Crippen LogP contribution in [-0.4, -0.2) is 49.6 Å². The summed E-state index contributed by atoms with van der Waals surface area (Å²) in [5.74, 6) is 0.117. The molecule has 1 aromatic rings. The summed E-state index contributed by atoms with van der Waals surface area (Å²) in [6.07, 6.45) is 21.3. The van der Waals surface area contributed by atoms with E-state index in [1.54, 1.807) is 6.20 Å². The van der Waals surface area contributed by atoms with Crippen LogP contribution < -0.4 is 10.6 Å². The van der Waals surface area contributed by atoms with E-state index in [1.165, 1.54) is 83.5 Å². The second-order valence-corrected chi connectivity index (χ2v) is 10.8. The van der Waals surface area contributed by atoms with Crippen LogP contribution in [0.5, 0.6) is 0 Å². The number of hydrogen-bond acceptors (Lipinski definition) is 6. The number of carbonyl (C=O) groups is 2. The Balaban J connectivity index is 1.33. The first-order valence-corrected chi connectivity index (χ1v) is 15.5. The van der Waals surface area contributed by atoms with Gasteiger partial charge in [-0.1, -0.05) is 103 Å². The summed E-state index contributed by atoms with van der Waals surface area (Å²) in [5, 5.41) is 5.52. The van der Waals surface area contributed by atoms with Gasteiger partial charge in [-0.25, -0.2) is 9.59 Å². The largest absolute Gasteiger partial charge is 0.449 e. The Hall–Kier alpha value is -2.35. The van der Waals surface area contributed by atoms with E-state index in [2.05, 4.69) is 22.5 Å². The van der Waals surface area contributed by atoms with Gasteiger partial charge >= 0.3 is 12.2 Å². The molecule has 1 aliphatic heterocycles. The number of alkyl carbamates (subject to hydrolysis) is 2. The molecule has 8 nitrogen and oxygen atoms in total. The molecule has 0 unspecified atom stereocenters. The molecule has 2 N–H and O–H groups in total. The van der Waals surface area contributed by atoms with E-state index in [4.69, 9.17) is 14.2 Å². The summed E-state index contributed by atoms with van der Waals surface area (Å²) in [5.41, 5.74) is 0.765. The molecule has 222 valence electrons. The highest BCUT2D eigenvalue weighted by Gasteiger charge is 2.27. The van der Waals surface area contributed by atoms with E-state index in [0.717, 1.165) is 18.5 Å². The van der Waals surface area contributed by atoms with Gasteiger partial charge in [0.2, 0.25) is 0 Å².